The van der Waals surface area contributed by atoms with Crippen molar-refractivity contribution >= 4 is 47.2 Å². The van der Waals surface area contributed by atoms with Crippen LogP contribution in [0.3, 0.4) is 0 Å². The molecule has 0 aliphatic carbocycles. The molecule has 36 heavy (non-hydrogen) atoms. The summed E-state index contributed by atoms with van der Waals surface area (Å²) >= 11 is 3.81. The van der Waals surface area contributed by atoms with Gasteiger partial charge in [0.15, 0.2) is 5.12 Å². The number of esters is 3. The zero-order chi connectivity index (χ0) is 26.7. The first kappa shape index (κ1) is 28.5. The maximum Gasteiger partial charge on any atom is 0.340 e. The number of hydrogen-bond acceptors (Lipinski definition) is 9. The second-order valence-electron chi connectivity index (χ2n) is 7.68. The van der Waals surface area contributed by atoms with Gasteiger partial charge in [0.25, 0.3) is 0 Å². The number of benzene rings is 1. The number of rotatable bonds is 13. The molecule has 0 radical (unpaired) electrons. The van der Waals surface area contributed by atoms with E-state index in [-0.39, 0.29) is 49.6 Å². The van der Waals surface area contributed by atoms with E-state index in [1.807, 2.05) is 0 Å². The Bertz CT molecular complexity index is 1010. The molecule has 0 spiro atoms. The molecule has 1 heterocycles. The van der Waals surface area contributed by atoms with Crippen LogP contribution in [0.5, 0.6) is 0 Å². The van der Waals surface area contributed by atoms with Gasteiger partial charge in [-0.2, -0.15) is 0 Å². The fraction of sp³-hybridized carbons (Fsp3) is 0.320. The normalized spacial score (nSPS) is 17.2. The summed E-state index contributed by atoms with van der Waals surface area (Å²) in [6, 6.07) is 3.39. The van der Waals surface area contributed by atoms with Gasteiger partial charge < -0.3 is 24.8 Å². The van der Waals surface area contributed by atoms with Crippen molar-refractivity contribution in [2.24, 2.45) is 11.8 Å². The number of nitrogens with one attached hydrogen (secondary N) is 2. The maximum atomic E-state index is 13.1. The summed E-state index contributed by atoms with van der Waals surface area (Å²) in [5.74, 6) is -4.66. The van der Waals surface area contributed by atoms with E-state index >= 15 is 0 Å². The van der Waals surface area contributed by atoms with Crippen LogP contribution in [0.15, 0.2) is 56.2 Å². The van der Waals surface area contributed by atoms with E-state index in [1.54, 1.807) is 0 Å². The Labute approximate surface area is 214 Å². The van der Waals surface area contributed by atoms with Crippen molar-refractivity contribution in [1.82, 2.24) is 5.32 Å². The fourth-order valence-electron chi connectivity index (χ4n) is 3.60. The molecule has 1 fully saturated rings. The summed E-state index contributed by atoms with van der Waals surface area (Å²) in [5.41, 5.74) is -0.225. The minimum absolute atomic E-state index is 0.0655. The van der Waals surface area contributed by atoms with Gasteiger partial charge in [-0.05, 0) is 24.5 Å². The second-order valence-corrected chi connectivity index (χ2v) is 8.12. The summed E-state index contributed by atoms with van der Waals surface area (Å²) in [4.78, 5) is 62.6. The third-order valence-corrected chi connectivity index (χ3v) is 5.51. The molecular formula is C25H28N2O8S. The van der Waals surface area contributed by atoms with Crippen LogP contribution >= 0.6 is 12.6 Å². The smallest absolute Gasteiger partial charge is 0.340 e. The van der Waals surface area contributed by atoms with E-state index in [0.29, 0.717) is 0 Å². The third-order valence-electron chi connectivity index (χ3n) is 5.23. The second kappa shape index (κ2) is 14.0. The number of carbonyl (C=O) groups excluding carboxylic acids is 5. The van der Waals surface area contributed by atoms with Gasteiger partial charge in [0, 0.05) is 6.54 Å². The molecule has 3 atom stereocenters. The van der Waals surface area contributed by atoms with E-state index < -0.39 is 46.8 Å². The Morgan fingerprint density at radius 2 is 1.50 bits per heavy atom. The van der Waals surface area contributed by atoms with Gasteiger partial charge >= 0.3 is 17.9 Å². The number of thiol groups is 1. The molecule has 192 valence electrons. The van der Waals surface area contributed by atoms with Crippen molar-refractivity contribution in [2.45, 2.75) is 12.5 Å². The van der Waals surface area contributed by atoms with Crippen LogP contribution in [0, 0.1) is 11.8 Å². The summed E-state index contributed by atoms with van der Waals surface area (Å²) < 4.78 is 15.2. The molecule has 2 N–H and O–H groups in total. The van der Waals surface area contributed by atoms with Crippen molar-refractivity contribution < 1.29 is 38.2 Å². The molecule has 11 heteroatoms. The molecule has 10 nitrogen and oxygen atoms in total. The molecule has 1 aromatic rings. The van der Waals surface area contributed by atoms with Crippen LogP contribution in [0.2, 0.25) is 0 Å². The van der Waals surface area contributed by atoms with Crippen molar-refractivity contribution in [1.29, 1.82) is 0 Å². The summed E-state index contributed by atoms with van der Waals surface area (Å²) in [6.07, 6.45) is 4.22. The van der Waals surface area contributed by atoms with Gasteiger partial charge in [-0.25, -0.2) is 9.59 Å². The van der Waals surface area contributed by atoms with Crippen LogP contribution in [0.25, 0.3) is 0 Å². The van der Waals surface area contributed by atoms with E-state index in [0.717, 1.165) is 0 Å². The molecule has 1 aromatic carbocycles. The summed E-state index contributed by atoms with van der Waals surface area (Å²) in [7, 11) is 0. The number of amides is 1. The predicted molar refractivity (Wildman–Crippen MR) is 135 cm³/mol. The molecule has 0 saturated carbocycles. The average molecular weight is 517 g/mol. The van der Waals surface area contributed by atoms with Crippen molar-refractivity contribution in [3.63, 3.8) is 0 Å². The quantitative estimate of drug-likeness (QED) is 0.118. The first-order chi connectivity index (χ1) is 17.2. The Kier molecular flexibility index (Phi) is 11.1. The number of anilines is 1. The lowest BCUT2D eigenvalue weighted by Gasteiger charge is -2.19. The van der Waals surface area contributed by atoms with Gasteiger partial charge in [-0.3, -0.25) is 14.4 Å². The van der Waals surface area contributed by atoms with E-state index in [1.165, 1.54) is 36.4 Å². The molecule has 1 unspecified atom stereocenters. The molecule has 2 rings (SSSR count). The lowest BCUT2D eigenvalue weighted by atomic mass is 9.90. The fourth-order valence-corrected chi connectivity index (χ4v) is 3.92. The van der Waals surface area contributed by atoms with Gasteiger partial charge in [-0.1, -0.05) is 44.0 Å². The Morgan fingerprint density at radius 1 is 0.972 bits per heavy atom. The largest absolute Gasteiger partial charge is 0.461 e. The zero-order valence-corrected chi connectivity index (χ0v) is 20.5. The first-order valence-electron chi connectivity index (χ1n) is 11.0. The number of para-hydroxylation sites is 1. The molecule has 1 amide bonds. The Balaban J connectivity index is 2.27. The summed E-state index contributed by atoms with van der Waals surface area (Å²) in [5, 5.41) is 4.87. The number of hydrogen-bond donors (Lipinski definition) is 3. The first-order valence-corrected chi connectivity index (χ1v) is 11.4. The molecule has 1 aliphatic heterocycles. The van der Waals surface area contributed by atoms with Crippen molar-refractivity contribution in [3.8, 4) is 0 Å². The topological polar surface area (TPSA) is 137 Å². The Morgan fingerprint density at radius 3 is 2.00 bits per heavy atom. The monoisotopic (exact) mass is 516 g/mol. The van der Waals surface area contributed by atoms with Gasteiger partial charge in [0.1, 0.15) is 25.7 Å². The van der Waals surface area contributed by atoms with Crippen molar-refractivity contribution in [2.75, 3.05) is 31.7 Å². The molecule has 0 aromatic heterocycles. The molecular weight excluding hydrogens is 488 g/mol. The average Bonchev–Trinajstić information content (AvgIpc) is 3.34. The van der Waals surface area contributed by atoms with Crippen LogP contribution in [0.1, 0.15) is 27.1 Å². The molecule has 1 aliphatic rings. The highest BCUT2D eigenvalue weighted by molar-refractivity contribution is 7.96. The molecule has 0 bridgehead atoms. The van der Waals surface area contributed by atoms with E-state index in [2.05, 4.69) is 43.0 Å². The van der Waals surface area contributed by atoms with Crippen LogP contribution in [0.4, 0.5) is 5.69 Å². The summed E-state index contributed by atoms with van der Waals surface area (Å²) in [6.45, 7) is 10.4. The zero-order valence-electron chi connectivity index (χ0n) is 19.6. The highest BCUT2D eigenvalue weighted by atomic mass is 32.1. The minimum atomic E-state index is -1.18. The van der Waals surface area contributed by atoms with Gasteiger partial charge in [0.05, 0.1) is 22.9 Å². The van der Waals surface area contributed by atoms with Crippen molar-refractivity contribution in [3.05, 3.63) is 67.3 Å². The highest BCUT2D eigenvalue weighted by Crippen LogP contribution is 2.28. The predicted octanol–water partition coefficient (Wildman–Crippen LogP) is 2.09. The van der Waals surface area contributed by atoms with E-state index in [4.69, 9.17) is 14.2 Å². The van der Waals surface area contributed by atoms with Gasteiger partial charge in [0.2, 0.25) is 5.91 Å². The number of ether oxygens (including phenoxy) is 3. The van der Waals surface area contributed by atoms with Crippen LogP contribution < -0.4 is 10.6 Å². The van der Waals surface area contributed by atoms with Gasteiger partial charge in [-0.15, -0.1) is 12.6 Å². The molecule has 1 saturated heterocycles. The third kappa shape index (κ3) is 7.40. The lowest BCUT2D eigenvalue weighted by molar-refractivity contribution is -0.151. The lowest BCUT2D eigenvalue weighted by Crippen LogP contribution is -2.36. The van der Waals surface area contributed by atoms with Crippen LogP contribution in [-0.2, 0) is 28.6 Å². The minimum Gasteiger partial charge on any atom is -0.461 e. The SMILES string of the molecule is C=CCOC(=O)c1cccc(C(=O)OCC=C)c1NC(=O)[C@@H]1C[C@@H](C(C(=O)S)C(=O)OCC=C)CN1. The highest BCUT2D eigenvalue weighted by Gasteiger charge is 2.41. The standard InChI is InChI=1S/C25H28N2O8S/c1-4-10-33-22(29)16-8-7-9-17(23(30)34-11-5-2)20(16)27-21(28)18-13-15(14-26-18)19(25(32)36)24(31)35-12-6-3/h4-9,15,18-19,26H,1-3,10-14H2,(H,27,28)(H,32,36)/t15-,18+,19?/m1/s1. The maximum absolute atomic E-state index is 13.1. The van der Waals surface area contributed by atoms with E-state index in [9.17, 15) is 24.0 Å². The number of carbonyl (C=O) groups is 5. The van der Waals surface area contributed by atoms with Crippen LogP contribution in [-0.4, -0.2) is 61.3 Å². The Hall–Kier alpha value is -3.70.